The number of H-pyrrole nitrogens is 1. The Hall–Kier alpha value is -3.41. The summed E-state index contributed by atoms with van der Waals surface area (Å²) in [6, 6.07) is 9.79. The van der Waals surface area contributed by atoms with E-state index >= 15 is 0 Å². The minimum Gasteiger partial charge on any atom is -0.361 e. The number of anilines is 1. The maximum Gasteiger partial charge on any atom is 0.255 e. The first-order valence-corrected chi connectivity index (χ1v) is 8.16. The van der Waals surface area contributed by atoms with E-state index in [2.05, 4.69) is 16.9 Å². The molecule has 0 bridgehead atoms. The zero-order valence-electron chi connectivity index (χ0n) is 13.9. The number of benzene rings is 2. The van der Waals surface area contributed by atoms with Gasteiger partial charge in [0.25, 0.3) is 5.91 Å². The van der Waals surface area contributed by atoms with Gasteiger partial charge in [-0.2, -0.15) is 0 Å². The Balaban J connectivity index is 1.59. The number of amides is 2. The van der Waals surface area contributed by atoms with Crippen molar-refractivity contribution in [3.05, 3.63) is 77.8 Å². The molecule has 0 saturated heterocycles. The van der Waals surface area contributed by atoms with Crippen LogP contribution in [0.15, 0.2) is 55.3 Å². The molecule has 2 N–H and O–H groups in total. The van der Waals surface area contributed by atoms with Crippen molar-refractivity contribution in [3.8, 4) is 0 Å². The molecule has 0 atom stereocenters. The molecule has 2 amide bonds. The molecule has 6 heteroatoms. The average Bonchev–Trinajstić information content (AvgIpc) is 3.26. The Bertz CT molecular complexity index is 1050. The molecule has 0 unspecified atom stereocenters. The zero-order chi connectivity index (χ0) is 18.3. The molecule has 2 aromatic carbocycles. The fourth-order valence-corrected chi connectivity index (χ4v) is 3.25. The molecule has 0 spiro atoms. The predicted molar refractivity (Wildman–Crippen MR) is 97.1 cm³/mol. The van der Waals surface area contributed by atoms with Gasteiger partial charge in [-0.1, -0.05) is 12.6 Å². The highest BCUT2D eigenvalue weighted by Gasteiger charge is 2.23. The highest BCUT2D eigenvalue weighted by Crippen LogP contribution is 2.27. The largest absolute Gasteiger partial charge is 0.361 e. The Kier molecular flexibility index (Phi) is 3.80. The van der Waals surface area contributed by atoms with E-state index in [1.807, 2.05) is 6.07 Å². The fraction of sp³-hybridized carbons (Fsp3) is 0.100. The van der Waals surface area contributed by atoms with E-state index in [9.17, 15) is 14.0 Å². The van der Waals surface area contributed by atoms with Crippen LogP contribution in [0, 0.1) is 5.82 Å². The number of aromatic nitrogens is 1. The van der Waals surface area contributed by atoms with E-state index in [0.717, 1.165) is 16.5 Å². The number of hydrogen-bond acceptors (Lipinski definition) is 2. The van der Waals surface area contributed by atoms with Gasteiger partial charge in [-0.15, -0.1) is 0 Å². The van der Waals surface area contributed by atoms with Gasteiger partial charge in [0.2, 0.25) is 5.91 Å². The summed E-state index contributed by atoms with van der Waals surface area (Å²) in [7, 11) is 0. The summed E-state index contributed by atoms with van der Waals surface area (Å²) >= 11 is 0. The van der Waals surface area contributed by atoms with Crippen molar-refractivity contribution in [3.63, 3.8) is 0 Å². The summed E-state index contributed by atoms with van der Waals surface area (Å²) in [4.78, 5) is 29.0. The maximum atomic E-state index is 13.7. The number of fused-ring (bicyclic) bond motifs is 2. The minimum atomic E-state index is -0.428. The second-order valence-electron chi connectivity index (χ2n) is 6.23. The van der Waals surface area contributed by atoms with Gasteiger partial charge in [0, 0.05) is 30.2 Å². The third-order valence-electron chi connectivity index (χ3n) is 4.56. The van der Waals surface area contributed by atoms with E-state index in [-0.39, 0.29) is 11.8 Å². The number of hydrogen-bond donors (Lipinski definition) is 2. The summed E-state index contributed by atoms with van der Waals surface area (Å²) in [6.45, 7) is 4.46. The van der Waals surface area contributed by atoms with Crippen LogP contribution in [-0.2, 0) is 17.9 Å². The number of aromatic amines is 1. The predicted octanol–water partition coefficient (Wildman–Crippen LogP) is 3.59. The van der Waals surface area contributed by atoms with Crippen LogP contribution in [0.25, 0.3) is 10.9 Å². The maximum absolute atomic E-state index is 13.7. The van der Waals surface area contributed by atoms with Gasteiger partial charge in [-0.3, -0.25) is 9.59 Å². The quantitative estimate of drug-likeness (QED) is 0.710. The monoisotopic (exact) mass is 349 g/mol. The van der Waals surface area contributed by atoms with Crippen molar-refractivity contribution in [2.24, 2.45) is 0 Å². The van der Waals surface area contributed by atoms with Crippen molar-refractivity contribution >= 4 is 28.4 Å². The van der Waals surface area contributed by atoms with E-state index < -0.39 is 5.82 Å². The zero-order valence-corrected chi connectivity index (χ0v) is 13.9. The summed E-state index contributed by atoms with van der Waals surface area (Å²) < 4.78 is 13.7. The molecule has 0 radical (unpaired) electrons. The summed E-state index contributed by atoms with van der Waals surface area (Å²) in [5.74, 6) is -0.890. The summed E-state index contributed by atoms with van der Waals surface area (Å²) in [6.07, 6.45) is 2.98. The molecular formula is C20H16FN3O2. The van der Waals surface area contributed by atoms with Crippen LogP contribution in [0.1, 0.15) is 21.5 Å². The standard InChI is InChI=1S/C20H16FN3O2/c1-2-19(25)24-10-13-4-3-12(7-14(13)11-24)20(26)23-18-9-15(21)8-17-16(18)5-6-22-17/h2-9,22H,1,10-11H2,(H,23,26). The molecule has 1 aromatic heterocycles. The molecule has 5 nitrogen and oxygen atoms in total. The van der Waals surface area contributed by atoms with Gasteiger partial charge in [0.1, 0.15) is 5.82 Å². The van der Waals surface area contributed by atoms with Crippen molar-refractivity contribution in [2.75, 3.05) is 5.32 Å². The first kappa shape index (κ1) is 16.1. The number of halogens is 1. The Morgan fingerprint density at radius 1 is 1.15 bits per heavy atom. The Morgan fingerprint density at radius 2 is 1.96 bits per heavy atom. The number of carbonyl (C=O) groups excluding carboxylic acids is 2. The Morgan fingerprint density at radius 3 is 2.77 bits per heavy atom. The lowest BCUT2D eigenvalue weighted by atomic mass is 10.1. The van der Waals surface area contributed by atoms with Crippen molar-refractivity contribution in [1.29, 1.82) is 0 Å². The molecule has 2 heterocycles. The van der Waals surface area contributed by atoms with Crippen molar-refractivity contribution < 1.29 is 14.0 Å². The summed E-state index contributed by atoms with van der Waals surface area (Å²) in [5, 5.41) is 3.51. The van der Waals surface area contributed by atoms with Crippen LogP contribution < -0.4 is 5.32 Å². The molecule has 26 heavy (non-hydrogen) atoms. The van der Waals surface area contributed by atoms with Crippen LogP contribution in [0.4, 0.5) is 10.1 Å². The second-order valence-corrected chi connectivity index (χ2v) is 6.23. The normalized spacial score (nSPS) is 12.9. The van der Waals surface area contributed by atoms with E-state index in [4.69, 9.17) is 0 Å². The van der Waals surface area contributed by atoms with Crippen molar-refractivity contribution in [1.82, 2.24) is 9.88 Å². The number of nitrogens with zero attached hydrogens (tertiary/aromatic N) is 1. The fourth-order valence-electron chi connectivity index (χ4n) is 3.25. The molecule has 0 aliphatic carbocycles. The topological polar surface area (TPSA) is 65.2 Å². The van der Waals surface area contributed by atoms with Gasteiger partial charge in [-0.05, 0) is 47.5 Å². The third kappa shape index (κ3) is 2.75. The third-order valence-corrected chi connectivity index (χ3v) is 4.56. The SMILES string of the molecule is C=CC(=O)N1Cc2ccc(C(=O)Nc3cc(F)cc4[nH]ccc34)cc2C1. The van der Waals surface area contributed by atoms with Crippen LogP contribution in [0.3, 0.4) is 0 Å². The van der Waals surface area contributed by atoms with Gasteiger partial charge < -0.3 is 15.2 Å². The first-order valence-electron chi connectivity index (χ1n) is 8.16. The first-order chi connectivity index (χ1) is 12.5. The van der Waals surface area contributed by atoms with Gasteiger partial charge in [0.15, 0.2) is 0 Å². The van der Waals surface area contributed by atoms with Crippen LogP contribution in [0.2, 0.25) is 0 Å². The van der Waals surface area contributed by atoms with Crippen LogP contribution in [0.5, 0.6) is 0 Å². The van der Waals surface area contributed by atoms with Crippen LogP contribution >= 0.6 is 0 Å². The minimum absolute atomic E-state index is 0.137. The molecule has 3 aromatic rings. The second kappa shape index (κ2) is 6.15. The lowest BCUT2D eigenvalue weighted by Crippen LogP contribution is -2.22. The molecule has 0 saturated carbocycles. The lowest BCUT2D eigenvalue weighted by Gasteiger charge is -2.11. The lowest BCUT2D eigenvalue weighted by molar-refractivity contribution is -0.126. The number of nitrogens with one attached hydrogen (secondary N) is 2. The molecule has 1 aliphatic heterocycles. The van der Waals surface area contributed by atoms with E-state index in [1.54, 1.807) is 29.3 Å². The highest BCUT2D eigenvalue weighted by atomic mass is 19.1. The van der Waals surface area contributed by atoms with Crippen molar-refractivity contribution in [2.45, 2.75) is 13.1 Å². The number of rotatable bonds is 3. The molecule has 0 fully saturated rings. The van der Waals surface area contributed by atoms with E-state index in [1.165, 1.54) is 18.2 Å². The molecule has 130 valence electrons. The van der Waals surface area contributed by atoms with Crippen LogP contribution in [-0.4, -0.2) is 21.7 Å². The van der Waals surface area contributed by atoms with E-state index in [0.29, 0.717) is 29.9 Å². The van der Waals surface area contributed by atoms with Gasteiger partial charge in [0.05, 0.1) is 11.2 Å². The smallest absolute Gasteiger partial charge is 0.255 e. The van der Waals surface area contributed by atoms with Gasteiger partial charge >= 0.3 is 0 Å². The molecule has 1 aliphatic rings. The Labute approximate surface area is 149 Å². The van der Waals surface area contributed by atoms with Gasteiger partial charge in [-0.25, -0.2) is 4.39 Å². The number of carbonyl (C=O) groups is 2. The highest BCUT2D eigenvalue weighted by molar-refractivity contribution is 6.09. The molecule has 4 rings (SSSR count). The summed E-state index contributed by atoms with van der Waals surface area (Å²) in [5.41, 5.74) is 3.43. The average molecular weight is 349 g/mol. The molecular weight excluding hydrogens is 333 g/mol.